The van der Waals surface area contributed by atoms with E-state index in [4.69, 9.17) is 23.7 Å². The van der Waals surface area contributed by atoms with Gasteiger partial charge in [-0.15, -0.1) is 0 Å². The van der Waals surface area contributed by atoms with E-state index in [0.717, 1.165) is 36.4 Å². The lowest BCUT2D eigenvalue weighted by molar-refractivity contribution is -0.278. The Labute approximate surface area is 274 Å². The molecule has 0 heterocycles. The summed E-state index contributed by atoms with van der Waals surface area (Å²) in [6.07, 6.45) is -9.67. The van der Waals surface area contributed by atoms with E-state index in [1.165, 1.54) is 56.3 Å². The summed E-state index contributed by atoms with van der Waals surface area (Å²) in [5, 5.41) is 0. The average Bonchev–Trinajstić information content (AvgIpc) is 2.98. The average molecular weight is 689 g/mol. The molecule has 0 bridgehead atoms. The van der Waals surface area contributed by atoms with Crippen LogP contribution in [-0.4, -0.2) is 63.3 Å². The molecule has 264 valence electrons. The minimum Gasteiger partial charge on any atom is -0.460 e. The van der Waals surface area contributed by atoms with Gasteiger partial charge in [0.05, 0.1) is 5.41 Å². The fraction of sp³-hybridized carbons (Fsp3) is 0.441. The lowest BCUT2D eigenvalue weighted by Crippen LogP contribution is -2.52. The number of esters is 3. The summed E-state index contributed by atoms with van der Waals surface area (Å²) in [6.45, 7) is 6.70. The highest BCUT2D eigenvalue weighted by molar-refractivity contribution is 5.83. The van der Waals surface area contributed by atoms with Crippen molar-refractivity contribution in [2.75, 3.05) is 20.8 Å². The molecule has 0 saturated heterocycles. The second-order valence-electron chi connectivity index (χ2n) is 11.6. The van der Waals surface area contributed by atoms with Crippen LogP contribution < -0.4 is 0 Å². The molecule has 0 aliphatic rings. The first-order valence-corrected chi connectivity index (χ1v) is 14.5. The summed E-state index contributed by atoms with van der Waals surface area (Å²) < 4.78 is 111. The number of carbonyl (C=O) groups is 3. The third-order valence-corrected chi connectivity index (χ3v) is 6.94. The molecule has 14 heteroatoms. The largest absolute Gasteiger partial charge is 0.460 e. The Morgan fingerprint density at radius 2 is 1.06 bits per heavy atom. The fourth-order valence-electron chi connectivity index (χ4n) is 4.43. The minimum atomic E-state index is -5.23. The second kappa shape index (κ2) is 15.8. The molecule has 0 aliphatic carbocycles. The molecule has 0 aromatic heterocycles. The zero-order chi connectivity index (χ0) is 36.6. The van der Waals surface area contributed by atoms with Crippen molar-refractivity contribution in [2.45, 2.75) is 70.4 Å². The van der Waals surface area contributed by atoms with Crippen molar-refractivity contribution in [3.63, 3.8) is 0 Å². The zero-order valence-corrected chi connectivity index (χ0v) is 27.4. The van der Waals surface area contributed by atoms with Gasteiger partial charge in [-0.1, -0.05) is 66.7 Å². The molecule has 2 aromatic rings. The van der Waals surface area contributed by atoms with E-state index in [1.54, 1.807) is 20.8 Å². The molecule has 0 saturated carbocycles. The van der Waals surface area contributed by atoms with Gasteiger partial charge in [0.25, 0.3) is 11.2 Å². The van der Waals surface area contributed by atoms with Gasteiger partial charge in [0.15, 0.2) is 0 Å². The predicted octanol–water partition coefficient (Wildman–Crippen LogP) is 7.13. The number of hydrogen-bond acceptors (Lipinski definition) is 8. The Morgan fingerprint density at radius 1 is 0.667 bits per heavy atom. The normalized spacial score (nSPS) is 16.7. The predicted molar refractivity (Wildman–Crippen MR) is 161 cm³/mol. The highest BCUT2D eigenvalue weighted by Crippen LogP contribution is 2.44. The topological polar surface area (TPSA) is 97.4 Å². The van der Waals surface area contributed by atoms with E-state index in [1.807, 2.05) is 0 Å². The maximum absolute atomic E-state index is 14.3. The number of rotatable bonds is 13. The maximum Gasteiger partial charge on any atom is 0.432 e. The summed E-state index contributed by atoms with van der Waals surface area (Å²) in [5.74, 6) is -4.21. The van der Waals surface area contributed by atoms with E-state index in [0.29, 0.717) is 14.2 Å². The van der Waals surface area contributed by atoms with Gasteiger partial charge in [-0.05, 0) is 52.3 Å². The van der Waals surface area contributed by atoms with Gasteiger partial charge in [0, 0.05) is 25.3 Å². The van der Waals surface area contributed by atoms with Crippen LogP contribution in [0.1, 0.15) is 45.7 Å². The summed E-state index contributed by atoms with van der Waals surface area (Å²) in [6, 6.07) is 12.3. The van der Waals surface area contributed by atoms with Gasteiger partial charge in [-0.2, -0.15) is 26.3 Å². The van der Waals surface area contributed by atoms with Crippen molar-refractivity contribution in [3.05, 3.63) is 95.6 Å². The first-order chi connectivity index (χ1) is 22.2. The van der Waals surface area contributed by atoms with Crippen molar-refractivity contribution in [2.24, 2.45) is 5.41 Å². The fourth-order valence-corrected chi connectivity index (χ4v) is 4.43. The van der Waals surface area contributed by atoms with E-state index in [-0.39, 0.29) is 5.57 Å². The molecule has 0 unspecified atom stereocenters. The quantitative estimate of drug-likeness (QED) is 0.0950. The summed E-state index contributed by atoms with van der Waals surface area (Å²) in [7, 11) is 1.42. The maximum atomic E-state index is 14.3. The molecule has 0 amide bonds. The Morgan fingerprint density at radius 3 is 1.42 bits per heavy atom. The molecule has 0 radical (unpaired) electrons. The Balaban J connectivity index is 2.42. The number of methoxy groups -OCH3 is 2. The van der Waals surface area contributed by atoms with Gasteiger partial charge in [-0.3, -0.25) is 4.79 Å². The van der Waals surface area contributed by atoms with Gasteiger partial charge in [0.1, 0.15) is 18.8 Å². The smallest absolute Gasteiger partial charge is 0.432 e. The number of halogens is 6. The van der Waals surface area contributed by atoms with Gasteiger partial charge >= 0.3 is 30.3 Å². The molecule has 2 aromatic carbocycles. The van der Waals surface area contributed by atoms with Crippen LogP contribution in [0.25, 0.3) is 0 Å². The van der Waals surface area contributed by atoms with E-state index in [2.05, 4.69) is 0 Å². The SMILES string of the molecule is CO[C@](C(=O)O[C@H](C)/C=C/C(=C/[C@H](C)OC(=O)[C@@](OC)(c1ccccc1)C(F)(F)F)COC(=O)C(C)(C)C)(c1ccccc1)C(F)(F)F. The van der Waals surface area contributed by atoms with Crippen LogP contribution in [0.3, 0.4) is 0 Å². The first-order valence-electron chi connectivity index (χ1n) is 14.5. The Kier molecular flexibility index (Phi) is 13.2. The van der Waals surface area contributed by atoms with Crippen LogP contribution in [0.2, 0.25) is 0 Å². The lowest BCUT2D eigenvalue weighted by Gasteiger charge is -2.33. The number of hydrogen-bond donors (Lipinski definition) is 0. The summed E-state index contributed by atoms with van der Waals surface area (Å²) in [5.41, 5.74) is -8.88. The lowest BCUT2D eigenvalue weighted by atomic mass is 9.92. The van der Waals surface area contributed by atoms with Crippen molar-refractivity contribution in [1.29, 1.82) is 0 Å². The van der Waals surface area contributed by atoms with Crippen LogP contribution >= 0.6 is 0 Å². The number of carbonyl (C=O) groups excluding carboxylic acids is 3. The molecule has 0 spiro atoms. The zero-order valence-electron chi connectivity index (χ0n) is 27.4. The molecule has 4 atom stereocenters. The summed E-state index contributed by atoms with van der Waals surface area (Å²) in [4.78, 5) is 38.5. The van der Waals surface area contributed by atoms with E-state index >= 15 is 0 Å². The van der Waals surface area contributed by atoms with Crippen LogP contribution in [0.4, 0.5) is 26.3 Å². The number of alkyl halides is 6. The summed E-state index contributed by atoms with van der Waals surface area (Å²) >= 11 is 0. The first kappa shape index (κ1) is 40.0. The molecule has 8 nitrogen and oxygen atoms in total. The van der Waals surface area contributed by atoms with Crippen molar-refractivity contribution in [1.82, 2.24) is 0 Å². The molecular formula is C34H38F6O8. The third kappa shape index (κ3) is 9.04. The molecular weight excluding hydrogens is 650 g/mol. The van der Waals surface area contributed by atoms with Crippen molar-refractivity contribution < 1.29 is 64.4 Å². The van der Waals surface area contributed by atoms with Crippen LogP contribution in [0.15, 0.2) is 84.5 Å². The second-order valence-corrected chi connectivity index (χ2v) is 11.6. The highest BCUT2D eigenvalue weighted by Gasteiger charge is 2.65. The van der Waals surface area contributed by atoms with Gasteiger partial charge in [-0.25, -0.2) is 9.59 Å². The van der Waals surface area contributed by atoms with Crippen LogP contribution in [-0.2, 0) is 49.3 Å². The van der Waals surface area contributed by atoms with Crippen molar-refractivity contribution in [3.8, 4) is 0 Å². The van der Waals surface area contributed by atoms with Gasteiger partial charge < -0.3 is 23.7 Å². The standard InChI is InChI=1S/C34H38F6O8/c1-22(47-28(42)31(44-6,33(35,36)37)25-14-10-8-11-15-25)18-19-24(21-46-27(41)30(3,4)5)20-23(2)48-29(43)32(45-7,34(38,39)40)26-16-12-9-13-17-26/h8-20,22-23H,21H2,1-7H3/b19-18+,24-20-/t22-,23+,31+,32+/m1/s1. The molecule has 48 heavy (non-hydrogen) atoms. The monoisotopic (exact) mass is 688 g/mol. The molecule has 0 fully saturated rings. The highest BCUT2D eigenvalue weighted by atomic mass is 19.4. The number of benzene rings is 2. The Bertz CT molecular complexity index is 1450. The van der Waals surface area contributed by atoms with Gasteiger partial charge in [0.2, 0.25) is 0 Å². The van der Waals surface area contributed by atoms with Crippen LogP contribution in [0, 0.1) is 5.41 Å². The third-order valence-electron chi connectivity index (χ3n) is 6.94. The number of ether oxygens (including phenoxy) is 5. The van der Waals surface area contributed by atoms with E-state index in [9.17, 15) is 40.7 Å². The van der Waals surface area contributed by atoms with Crippen molar-refractivity contribution >= 4 is 17.9 Å². The minimum absolute atomic E-state index is 0.0439. The molecule has 0 N–H and O–H groups in total. The Hall–Kier alpha value is -4.17. The molecule has 0 aliphatic heterocycles. The van der Waals surface area contributed by atoms with Crippen LogP contribution in [0.5, 0.6) is 0 Å². The van der Waals surface area contributed by atoms with E-state index < -0.39 is 76.8 Å². The molecule has 2 rings (SSSR count).